The van der Waals surface area contributed by atoms with Crippen LogP contribution in [-0.4, -0.2) is 33.0 Å². The van der Waals surface area contributed by atoms with Crippen LogP contribution in [0.3, 0.4) is 0 Å². The molecule has 118 valence electrons. The molecular weight excluding hydrogens is 321 g/mol. The summed E-state index contributed by atoms with van der Waals surface area (Å²) in [7, 11) is 0. The molecule has 1 amide bonds. The number of hydrogen-bond donors (Lipinski definition) is 3. The monoisotopic (exact) mass is 333 g/mol. The van der Waals surface area contributed by atoms with Crippen LogP contribution < -0.4 is 5.32 Å². The summed E-state index contributed by atoms with van der Waals surface area (Å²) in [5.41, 5.74) is 2.95. The summed E-state index contributed by atoms with van der Waals surface area (Å²) in [6.45, 7) is 0. The third-order valence-corrected chi connectivity index (χ3v) is 4.01. The second-order valence-corrected chi connectivity index (χ2v) is 5.66. The second-order valence-electron chi connectivity index (χ2n) is 4.95. The number of hydrogen-bond acceptors (Lipinski definition) is 4. The van der Waals surface area contributed by atoms with Crippen molar-refractivity contribution in [3.8, 4) is 0 Å². The topological polar surface area (TPSA) is 95.1 Å². The van der Waals surface area contributed by atoms with E-state index < -0.39 is 17.9 Å². The van der Waals surface area contributed by atoms with E-state index in [1.54, 1.807) is 17.6 Å². The van der Waals surface area contributed by atoms with Crippen molar-refractivity contribution in [3.05, 3.63) is 52.4 Å². The van der Waals surface area contributed by atoms with Gasteiger partial charge in [-0.3, -0.25) is 4.79 Å². The normalized spacial score (nSPS) is 12.2. The molecule has 0 saturated carbocycles. The summed E-state index contributed by atoms with van der Waals surface area (Å²) < 4.78 is 13.2. The van der Waals surface area contributed by atoms with Gasteiger partial charge in [-0.05, 0) is 23.8 Å². The van der Waals surface area contributed by atoms with Crippen LogP contribution in [-0.2, 0) is 11.2 Å². The number of amides is 1. The van der Waals surface area contributed by atoms with E-state index in [0.29, 0.717) is 11.1 Å². The molecule has 0 saturated heterocycles. The number of nitrogens with zero attached hydrogens (tertiary/aromatic N) is 1. The van der Waals surface area contributed by atoms with E-state index in [0.717, 1.165) is 5.39 Å². The number of halogens is 1. The Balaban J connectivity index is 1.81. The summed E-state index contributed by atoms with van der Waals surface area (Å²) >= 11 is 1.25. The minimum Gasteiger partial charge on any atom is -0.480 e. The maximum absolute atomic E-state index is 13.2. The molecule has 3 aromatic rings. The van der Waals surface area contributed by atoms with Crippen molar-refractivity contribution < 1.29 is 19.1 Å². The van der Waals surface area contributed by atoms with Gasteiger partial charge >= 0.3 is 5.97 Å². The van der Waals surface area contributed by atoms with E-state index >= 15 is 0 Å². The Morgan fingerprint density at radius 1 is 1.43 bits per heavy atom. The van der Waals surface area contributed by atoms with E-state index in [4.69, 9.17) is 0 Å². The predicted molar refractivity (Wildman–Crippen MR) is 83.0 cm³/mol. The van der Waals surface area contributed by atoms with Gasteiger partial charge in [0.1, 0.15) is 17.6 Å². The number of rotatable bonds is 5. The third kappa shape index (κ3) is 3.21. The summed E-state index contributed by atoms with van der Waals surface area (Å²) in [4.78, 5) is 30.1. The minimum absolute atomic E-state index is 0.0802. The number of thiazole rings is 1. The molecule has 3 N–H and O–H groups in total. The lowest BCUT2D eigenvalue weighted by Gasteiger charge is -2.13. The first kappa shape index (κ1) is 15.2. The molecule has 0 radical (unpaired) electrons. The van der Waals surface area contributed by atoms with Crippen molar-refractivity contribution >= 4 is 34.1 Å². The highest BCUT2D eigenvalue weighted by atomic mass is 32.1. The van der Waals surface area contributed by atoms with Gasteiger partial charge in [0, 0.05) is 28.9 Å². The molecule has 23 heavy (non-hydrogen) atoms. The molecule has 0 aliphatic carbocycles. The van der Waals surface area contributed by atoms with Crippen molar-refractivity contribution in [2.75, 3.05) is 0 Å². The van der Waals surface area contributed by atoms with E-state index in [1.807, 2.05) is 0 Å². The molecule has 6 nitrogen and oxygen atoms in total. The van der Waals surface area contributed by atoms with E-state index in [9.17, 15) is 19.1 Å². The lowest BCUT2D eigenvalue weighted by Crippen LogP contribution is -2.42. The number of carboxylic acid groups (broad SMARTS) is 1. The number of carbonyl (C=O) groups is 2. The number of H-pyrrole nitrogens is 1. The Labute approximate surface area is 134 Å². The lowest BCUT2D eigenvalue weighted by molar-refractivity contribution is -0.139. The predicted octanol–water partition coefficient (Wildman–Crippen LogP) is 2.19. The highest BCUT2D eigenvalue weighted by molar-refractivity contribution is 7.07. The van der Waals surface area contributed by atoms with E-state index in [1.165, 1.54) is 29.0 Å². The van der Waals surface area contributed by atoms with Crippen molar-refractivity contribution in [1.82, 2.24) is 15.3 Å². The van der Waals surface area contributed by atoms with Crippen molar-refractivity contribution in [1.29, 1.82) is 0 Å². The maximum atomic E-state index is 13.2. The van der Waals surface area contributed by atoms with Gasteiger partial charge in [0.15, 0.2) is 0 Å². The van der Waals surface area contributed by atoms with Gasteiger partial charge in [0.05, 0.1) is 5.51 Å². The number of aromatic nitrogens is 2. The van der Waals surface area contributed by atoms with Crippen LogP contribution in [0.2, 0.25) is 0 Å². The number of fused-ring (bicyclic) bond motifs is 1. The average molecular weight is 333 g/mol. The zero-order valence-electron chi connectivity index (χ0n) is 11.7. The fraction of sp³-hybridized carbons (Fsp3) is 0.133. The molecule has 0 bridgehead atoms. The number of benzene rings is 1. The number of aromatic amines is 1. The molecule has 3 rings (SSSR count). The molecular formula is C15H12FN3O3S. The molecule has 1 aromatic carbocycles. The average Bonchev–Trinajstić information content (AvgIpc) is 3.16. The third-order valence-electron chi connectivity index (χ3n) is 3.42. The number of nitrogens with one attached hydrogen (secondary N) is 2. The fourth-order valence-corrected chi connectivity index (χ4v) is 2.84. The summed E-state index contributed by atoms with van der Waals surface area (Å²) in [6.07, 6.45) is 1.70. The van der Waals surface area contributed by atoms with Crippen molar-refractivity contribution in [2.24, 2.45) is 0 Å². The molecule has 0 aliphatic heterocycles. The number of aliphatic carboxylic acids is 1. The SMILES string of the molecule is O=C(N[C@@H](Cc1c[nH]c2cc(F)ccc12)C(=O)O)c1cscn1. The summed E-state index contributed by atoms with van der Waals surface area (Å²) in [6, 6.07) is 3.12. The van der Waals surface area contributed by atoms with Gasteiger partial charge in [0.2, 0.25) is 0 Å². The largest absolute Gasteiger partial charge is 0.480 e. The fourth-order valence-electron chi connectivity index (χ4n) is 2.30. The van der Waals surface area contributed by atoms with Gasteiger partial charge in [0.25, 0.3) is 5.91 Å². The van der Waals surface area contributed by atoms with Crippen LogP contribution in [0.4, 0.5) is 4.39 Å². The van der Waals surface area contributed by atoms with Crippen LogP contribution in [0, 0.1) is 5.82 Å². The zero-order valence-corrected chi connectivity index (χ0v) is 12.6. The van der Waals surface area contributed by atoms with Crippen LogP contribution in [0.25, 0.3) is 10.9 Å². The molecule has 8 heteroatoms. The van der Waals surface area contributed by atoms with Gasteiger partial charge in [-0.15, -0.1) is 11.3 Å². The smallest absolute Gasteiger partial charge is 0.326 e. The lowest BCUT2D eigenvalue weighted by atomic mass is 10.0. The van der Waals surface area contributed by atoms with Gasteiger partial charge in [-0.1, -0.05) is 0 Å². The first-order valence-electron chi connectivity index (χ1n) is 6.72. The first-order valence-corrected chi connectivity index (χ1v) is 7.66. The Morgan fingerprint density at radius 3 is 2.96 bits per heavy atom. The molecule has 0 spiro atoms. The quantitative estimate of drug-likeness (QED) is 0.667. The Bertz CT molecular complexity index is 860. The summed E-state index contributed by atoms with van der Waals surface area (Å²) in [5.74, 6) is -2.06. The van der Waals surface area contributed by atoms with E-state index in [2.05, 4.69) is 15.3 Å². The van der Waals surface area contributed by atoms with Gasteiger partial charge < -0.3 is 15.4 Å². The van der Waals surface area contributed by atoms with Gasteiger partial charge in [-0.2, -0.15) is 0 Å². The zero-order chi connectivity index (χ0) is 16.4. The highest BCUT2D eigenvalue weighted by Crippen LogP contribution is 2.20. The molecule has 0 aliphatic rings. The van der Waals surface area contributed by atoms with Crippen molar-refractivity contribution in [3.63, 3.8) is 0 Å². The number of carbonyl (C=O) groups excluding carboxylic acids is 1. The van der Waals surface area contributed by atoms with Crippen LogP contribution in [0.1, 0.15) is 16.1 Å². The number of carboxylic acids is 1. The molecule has 0 fully saturated rings. The van der Waals surface area contributed by atoms with Gasteiger partial charge in [-0.25, -0.2) is 14.2 Å². The van der Waals surface area contributed by atoms with Crippen LogP contribution in [0.15, 0.2) is 35.3 Å². The molecule has 2 heterocycles. The van der Waals surface area contributed by atoms with Crippen LogP contribution >= 0.6 is 11.3 Å². The molecule has 2 aromatic heterocycles. The second kappa shape index (κ2) is 6.17. The summed E-state index contributed by atoms with van der Waals surface area (Å²) in [5, 5.41) is 14.0. The van der Waals surface area contributed by atoms with Crippen molar-refractivity contribution in [2.45, 2.75) is 12.5 Å². The Kier molecular flexibility index (Phi) is 4.07. The van der Waals surface area contributed by atoms with Crippen LogP contribution in [0.5, 0.6) is 0 Å². The maximum Gasteiger partial charge on any atom is 0.326 e. The first-order chi connectivity index (χ1) is 11.0. The van der Waals surface area contributed by atoms with E-state index in [-0.39, 0.29) is 17.9 Å². The standard InChI is InChI=1S/C15H12FN3O3S/c16-9-1-2-10-8(5-17-11(10)4-9)3-12(15(21)22)19-14(20)13-6-23-7-18-13/h1-2,4-7,12,17H,3H2,(H,19,20)(H,21,22)/t12-/m0/s1. The Hall–Kier alpha value is -2.74. The minimum atomic E-state index is -1.15. The highest BCUT2D eigenvalue weighted by Gasteiger charge is 2.23. The molecule has 1 atom stereocenters. The molecule has 0 unspecified atom stereocenters. The Morgan fingerprint density at radius 2 is 2.26 bits per heavy atom.